The monoisotopic (exact) mass is 804 g/mol. The molecule has 3 aliphatic heterocycles. The SMILES string of the molecule is COc1nc(-c2ccnc(-c3cccc4c3CCC[C@@H]4Nc3nc(OC)c(CN4CC5(CNC(=O)C5)C4)cc3C(F)(F)F)c2Cl)ccc1CNC[C@@H]1CCC(=O)N1. The van der Waals surface area contributed by atoms with Crippen LogP contribution in [-0.2, 0) is 35.3 Å². The number of nitrogens with one attached hydrogen (secondary N) is 4. The highest BCUT2D eigenvalue weighted by atomic mass is 35.5. The van der Waals surface area contributed by atoms with Gasteiger partial charge in [0.2, 0.25) is 23.6 Å². The molecule has 4 N–H and O–H groups in total. The van der Waals surface area contributed by atoms with Crippen molar-refractivity contribution in [1.29, 1.82) is 0 Å². The Labute approximate surface area is 333 Å². The molecule has 16 heteroatoms. The molecule has 12 nitrogen and oxygen atoms in total. The number of methoxy groups -OCH3 is 2. The molecule has 3 aromatic heterocycles. The topological polar surface area (TPSA) is 143 Å². The van der Waals surface area contributed by atoms with E-state index in [1.54, 1.807) is 19.4 Å². The summed E-state index contributed by atoms with van der Waals surface area (Å²) in [6.45, 7) is 3.16. The van der Waals surface area contributed by atoms with E-state index in [2.05, 4.69) is 31.2 Å². The van der Waals surface area contributed by atoms with Gasteiger partial charge in [-0.25, -0.2) is 4.98 Å². The first kappa shape index (κ1) is 38.9. The summed E-state index contributed by atoms with van der Waals surface area (Å²) in [7, 11) is 2.97. The molecule has 0 bridgehead atoms. The van der Waals surface area contributed by atoms with Crippen molar-refractivity contribution < 1.29 is 32.2 Å². The molecule has 6 heterocycles. The molecule has 57 heavy (non-hydrogen) atoms. The molecule has 0 radical (unpaired) electrons. The summed E-state index contributed by atoms with van der Waals surface area (Å²) in [5.41, 5.74) is 4.55. The zero-order valence-corrected chi connectivity index (χ0v) is 32.4. The number of carbonyl (C=O) groups excluding carboxylic acids is 2. The number of rotatable bonds is 12. The van der Waals surface area contributed by atoms with Gasteiger partial charge in [0.25, 0.3) is 0 Å². The fourth-order valence-electron chi connectivity index (χ4n) is 8.74. The quantitative estimate of drug-likeness (QED) is 0.133. The summed E-state index contributed by atoms with van der Waals surface area (Å²) in [6.07, 6.45) is 0.752. The maximum atomic E-state index is 14.7. The van der Waals surface area contributed by atoms with E-state index in [9.17, 15) is 22.8 Å². The first-order valence-electron chi connectivity index (χ1n) is 19.2. The number of pyridine rings is 3. The number of hydrogen-bond acceptors (Lipinski definition) is 10. The molecule has 8 rings (SSSR count). The fourth-order valence-corrected chi connectivity index (χ4v) is 9.05. The summed E-state index contributed by atoms with van der Waals surface area (Å²) in [5.74, 6) is 0.352. The van der Waals surface area contributed by atoms with Crippen molar-refractivity contribution in [2.45, 2.75) is 69.9 Å². The van der Waals surface area contributed by atoms with E-state index < -0.39 is 17.8 Å². The van der Waals surface area contributed by atoms with Crippen LogP contribution in [0.3, 0.4) is 0 Å². The second-order valence-electron chi connectivity index (χ2n) is 15.4. The maximum absolute atomic E-state index is 14.7. The van der Waals surface area contributed by atoms with Crippen molar-refractivity contribution in [3.05, 3.63) is 81.5 Å². The van der Waals surface area contributed by atoms with Crippen molar-refractivity contribution >= 4 is 29.2 Å². The number of halogens is 4. The van der Waals surface area contributed by atoms with Crippen LogP contribution in [0.15, 0.2) is 48.7 Å². The normalized spacial score (nSPS) is 20.2. The van der Waals surface area contributed by atoms with Gasteiger partial charge in [-0.15, -0.1) is 0 Å². The Hall–Kier alpha value is -4.99. The Morgan fingerprint density at radius 3 is 2.51 bits per heavy atom. The van der Waals surface area contributed by atoms with Crippen molar-refractivity contribution in [2.24, 2.45) is 5.41 Å². The Kier molecular flexibility index (Phi) is 10.7. The summed E-state index contributed by atoms with van der Waals surface area (Å²) < 4.78 is 55.3. The van der Waals surface area contributed by atoms with Crippen molar-refractivity contribution in [3.8, 4) is 34.3 Å². The lowest BCUT2D eigenvalue weighted by Gasteiger charge is -2.47. The first-order valence-corrected chi connectivity index (χ1v) is 19.5. The molecule has 0 saturated carbocycles. The van der Waals surface area contributed by atoms with E-state index in [0.29, 0.717) is 98.2 Å². The van der Waals surface area contributed by atoms with Gasteiger partial charge in [-0.3, -0.25) is 19.5 Å². The summed E-state index contributed by atoms with van der Waals surface area (Å²) in [6, 6.07) is 12.1. The summed E-state index contributed by atoms with van der Waals surface area (Å²) >= 11 is 7.13. The lowest BCUT2D eigenvalue weighted by atomic mass is 9.79. The van der Waals surface area contributed by atoms with E-state index in [-0.39, 0.29) is 41.5 Å². The highest BCUT2D eigenvalue weighted by molar-refractivity contribution is 6.35. The van der Waals surface area contributed by atoms with Gasteiger partial charge >= 0.3 is 6.18 Å². The van der Waals surface area contributed by atoms with Gasteiger partial charge in [-0.1, -0.05) is 35.9 Å². The molecule has 1 aromatic carbocycles. The molecule has 2 atom stereocenters. The minimum absolute atomic E-state index is 0.00577. The molecule has 1 aliphatic carbocycles. The van der Waals surface area contributed by atoms with Crippen molar-refractivity contribution in [3.63, 3.8) is 0 Å². The molecular weight excluding hydrogens is 761 g/mol. The standard InChI is InChI=1S/C41H44ClF3N8O4/c1-56-38-23(17-46-18-25-10-12-33(54)49-25)9-11-32(51-38)29-13-14-47-36(35(29)42)28-7-3-6-27-26(28)5-4-8-31(27)50-37-30(41(43,44)45)15-24(39(52-37)57-2)19-53-21-40(22-53)16-34(55)48-20-40/h3,6-7,9,11,13-15,25,31,46H,4-5,8,10,12,16-22H2,1-2H3,(H,48,55)(H,49,54)(H,50,52)/t25-,31-/m0/s1. The predicted molar refractivity (Wildman–Crippen MR) is 208 cm³/mol. The zero-order valence-electron chi connectivity index (χ0n) is 31.7. The van der Waals surface area contributed by atoms with Crippen LogP contribution in [0.4, 0.5) is 19.0 Å². The Morgan fingerprint density at radius 1 is 0.982 bits per heavy atom. The van der Waals surface area contributed by atoms with Crippen molar-refractivity contribution in [2.75, 3.05) is 45.7 Å². The highest BCUT2D eigenvalue weighted by Gasteiger charge is 2.48. The number of anilines is 1. The van der Waals surface area contributed by atoms with E-state index in [1.165, 1.54) is 7.11 Å². The maximum Gasteiger partial charge on any atom is 0.419 e. The van der Waals surface area contributed by atoms with Gasteiger partial charge in [0.05, 0.1) is 42.2 Å². The molecule has 0 unspecified atom stereocenters. The summed E-state index contributed by atoms with van der Waals surface area (Å²) in [5, 5.41) is 12.7. The number of amides is 2. The number of nitrogens with zero attached hydrogens (tertiary/aromatic N) is 4. The highest BCUT2D eigenvalue weighted by Crippen LogP contribution is 2.45. The number of alkyl halides is 3. The molecule has 300 valence electrons. The van der Waals surface area contributed by atoms with Crippen LogP contribution < -0.4 is 30.7 Å². The second kappa shape index (κ2) is 15.7. The van der Waals surface area contributed by atoms with Crippen molar-refractivity contribution in [1.82, 2.24) is 35.8 Å². The van der Waals surface area contributed by atoms with E-state index >= 15 is 0 Å². The van der Waals surface area contributed by atoms with Crippen LogP contribution in [0.25, 0.3) is 22.5 Å². The Balaban J connectivity index is 1.03. The molecule has 4 aromatic rings. The molecular formula is C41H44ClF3N8O4. The second-order valence-corrected chi connectivity index (χ2v) is 15.8. The third-order valence-corrected chi connectivity index (χ3v) is 11.8. The zero-order chi connectivity index (χ0) is 39.9. The lowest BCUT2D eigenvalue weighted by molar-refractivity contribution is -0.137. The molecule has 3 fully saturated rings. The number of benzene rings is 1. The number of likely N-dealkylation sites (tertiary alicyclic amines) is 1. The van der Waals surface area contributed by atoms with Crippen LogP contribution in [0.5, 0.6) is 11.8 Å². The van der Waals surface area contributed by atoms with Crippen LogP contribution in [0, 0.1) is 5.41 Å². The number of carbonyl (C=O) groups is 2. The minimum atomic E-state index is -4.68. The van der Waals surface area contributed by atoms with E-state index in [1.807, 2.05) is 35.2 Å². The molecule has 1 spiro atoms. The minimum Gasteiger partial charge on any atom is -0.481 e. The van der Waals surface area contributed by atoms with E-state index in [4.69, 9.17) is 26.1 Å². The average molecular weight is 805 g/mol. The third-order valence-electron chi connectivity index (χ3n) is 11.4. The van der Waals surface area contributed by atoms with Crippen LogP contribution in [0.1, 0.15) is 66.0 Å². The average Bonchev–Trinajstić information content (AvgIpc) is 3.79. The van der Waals surface area contributed by atoms with Gasteiger partial charge in [0.15, 0.2) is 0 Å². The Morgan fingerprint density at radius 2 is 1.79 bits per heavy atom. The van der Waals surface area contributed by atoms with Gasteiger partial charge in [0, 0.05) is 92.0 Å². The number of hydrogen-bond donors (Lipinski definition) is 4. The van der Waals surface area contributed by atoms with Gasteiger partial charge < -0.3 is 30.7 Å². The predicted octanol–water partition coefficient (Wildman–Crippen LogP) is 6.07. The van der Waals surface area contributed by atoms with E-state index in [0.717, 1.165) is 34.7 Å². The van der Waals surface area contributed by atoms with Crippen LogP contribution in [0.2, 0.25) is 5.02 Å². The number of aromatic nitrogens is 3. The number of fused-ring (bicyclic) bond motifs is 1. The van der Waals surface area contributed by atoms with Gasteiger partial charge in [0.1, 0.15) is 5.82 Å². The molecule has 4 aliphatic rings. The smallest absolute Gasteiger partial charge is 0.419 e. The summed E-state index contributed by atoms with van der Waals surface area (Å²) in [4.78, 5) is 39.2. The third kappa shape index (κ3) is 7.97. The lowest BCUT2D eigenvalue weighted by Crippen LogP contribution is -2.56. The molecule has 2 amide bonds. The van der Waals surface area contributed by atoms with Gasteiger partial charge in [-0.2, -0.15) is 18.2 Å². The van der Waals surface area contributed by atoms with Crippen LogP contribution in [-0.4, -0.2) is 78.1 Å². The van der Waals surface area contributed by atoms with Gasteiger partial charge in [-0.05, 0) is 55.0 Å². The largest absolute Gasteiger partial charge is 0.481 e. The Bertz CT molecular complexity index is 2200. The fraction of sp³-hybridized carbons (Fsp3) is 0.439. The number of ether oxygens (including phenoxy) is 2. The molecule has 3 saturated heterocycles. The first-order chi connectivity index (χ1) is 27.4. The van der Waals surface area contributed by atoms with Crippen LogP contribution >= 0.6 is 11.6 Å².